The standard InChI is InChI=1S/C5H14NO.C5H6O5/c1-6(2,3)4-5-7;6-3(5(9)10)1-2-4(7)8/h7H,4-5H2,1-3H3;1-2H2,(H,7,8)(H,9,10)/q+1;. The first-order valence-corrected chi connectivity index (χ1v) is 4.99. The Balaban J connectivity index is 0. The third kappa shape index (κ3) is 17.2. The zero-order chi connectivity index (χ0) is 14.1. The van der Waals surface area contributed by atoms with E-state index >= 15 is 0 Å². The molecule has 0 spiro atoms. The number of ketones is 1. The summed E-state index contributed by atoms with van der Waals surface area (Å²) in [5.74, 6) is -3.82. The Labute approximate surface area is 99.9 Å². The zero-order valence-corrected chi connectivity index (χ0v) is 10.3. The van der Waals surface area contributed by atoms with Crippen molar-refractivity contribution < 1.29 is 34.2 Å². The van der Waals surface area contributed by atoms with E-state index in [1.165, 1.54) is 0 Å². The summed E-state index contributed by atoms with van der Waals surface area (Å²) in [6.07, 6.45) is -0.865. The van der Waals surface area contributed by atoms with Gasteiger partial charge in [-0.25, -0.2) is 4.79 Å². The van der Waals surface area contributed by atoms with E-state index in [-0.39, 0.29) is 6.61 Å². The minimum absolute atomic E-state index is 0.281. The molecule has 0 unspecified atom stereocenters. The van der Waals surface area contributed by atoms with Gasteiger partial charge in [0.25, 0.3) is 0 Å². The summed E-state index contributed by atoms with van der Waals surface area (Å²) in [4.78, 5) is 29.7. The highest BCUT2D eigenvalue weighted by Gasteiger charge is 2.12. The van der Waals surface area contributed by atoms with E-state index in [0.29, 0.717) is 0 Å². The van der Waals surface area contributed by atoms with Crippen molar-refractivity contribution in [3.8, 4) is 0 Å². The predicted molar refractivity (Wildman–Crippen MR) is 59.5 cm³/mol. The molecule has 0 rings (SSSR count). The van der Waals surface area contributed by atoms with E-state index < -0.39 is 30.6 Å². The van der Waals surface area contributed by atoms with Crippen molar-refractivity contribution >= 4 is 17.7 Å². The van der Waals surface area contributed by atoms with Crippen LogP contribution in [0.2, 0.25) is 0 Å². The number of aliphatic carboxylic acids is 2. The molecule has 3 N–H and O–H groups in total. The Bertz CT molecular complexity index is 268. The van der Waals surface area contributed by atoms with E-state index in [4.69, 9.17) is 15.3 Å². The SMILES string of the molecule is C[N+](C)(C)CCO.O=C(O)CCC(=O)C(=O)O. The van der Waals surface area contributed by atoms with Crippen LogP contribution >= 0.6 is 0 Å². The van der Waals surface area contributed by atoms with Crippen LogP contribution in [0, 0.1) is 0 Å². The van der Waals surface area contributed by atoms with E-state index in [1.54, 1.807) is 0 Å². The molecule has 0 saturated carbocycles. The molecule has 0 bridgehead atoms. The van der Waals surface area contributed by atoms with Gasteiger partial charge >= 0.3 is 11.9 Å². The van der Waals surface area contributed by atoms with Crippen molar-refractivity contribution in [2.75, 3.05) is 34.3 Å². The molecule has 0 heterocycles. The second kappa shape index (κ2) is 8.66. The van der Waals surface area contributed by atoms with Crippen molar-refractivity contribution in [2.24, 2.45) is 0 Å². The molecule has 0 radical (unpaired) electrons. The molecule has 7 heteroatoms. The van der Waals surface area contributed by atoms with E-state index in [9.17, 15) is 14.4 Å². The van der Waals surface area contributed by atoms with Gasteiger partial charge in [-0.3, -0.25) is 9.59 Å². The highest BCUT2D eigenvalue weighted by atomic mass is 16.4. The molecule has 0 aromatic heterocycles. The monoisotopic (exact) mass is 250 g/mol. The summed E-state index contributed by atoms with van der Waals surface area (Å²) >= 11 is 0. The molecule has 0 aromatic carbocycles. The molecule has 0 aliphatic rings. The van der Waals surface area contributed by atoms with Crippen LogP contribution in [0.25, 0.3) is 0 Å². The van der Waals surface area contributed by atoms with Gasteiger partial charge in [0.05, 0.1) is 34.2 Å². The van der Waals surface area contributed by atoms with Gasteiger partial charge in [-0.2, -0.15) is 0 Å². The molecule has 100 valence electrons. The summed E-state index contributed by atoms with van der Waals surface area (Å²) in [6, 6.07) is 0. The number of aliphatic hydroxyl groups is 1. The maximum Gasteiger partial charge on any atom is 0.372 e. The van der Waals surface area contributed by atoms with Gasteiger partial charge in [-0.05, 0) is 0 Å². The molecule has 0 aliphatic carbocycles. The number of rotatable bonds is 6. The molecular weight excluding hydrogens is 230 g/mol. The van der Waals surface area contributed by atoms with Crippen LogP contribution in [0.3, 0.4) is 0 Å². The van der Waals surface area contributed by atoms with Crippen LogP contribution in [-0.2, 0) is 14.4 Å². The van der Waals surface area contributed by atoms with Gasteiger partial charge in [0, 0.05) is 6.42 Å². The lowest BCUT2D eigenvalue weighted by atomic mass is 10.2. The molecule has 0 amide bonds. The van der Waals surface area contributed by atoms with Gasteiger partial charge < -0.3 is 19.8 Å². The highest BCUT2D eigenvalue weighted by molar-refractivity contribution is 6.32. The summed E-state index contributed by atoms with van der Waals surface area (Å²) in [5, 5.41) is 24.3. The first-order valence-electron chi connectivity index (χ1n) is 4.99. The number of carboxylic acids is 2. The number of hydrogen-bond acceptors (Lipinski definition) is 4. The fraction of sp³-hybridized carbons (Fsp3) is 0.700. The van der Waals surface area contributed by atoms with Crippen molar-refractivity contribution in [1.82, 2.24) is 0 Å². The Morgan fingerprint density at radius 1 is 1.00 bits per heavy atom. The summed E-state index contributed by atoms with van der Waals surface area (Å²) in [5.41, 5.74) is 0. The van der Waals surface area contributed by atoms with Gasteiger partial charge in [-0.15, -0.1) is 0 Å². The lowest BCUT2D eigenvalue weighted by Gasteiger charge is -2.21. The molecule has 0 atom stereocenters. The van der Waals surface area contributed by atoms with Crippen LogP contribution in [-0.4, -0.2) is 71.8 Å². The van der Waals surface area contributed by atoms with E-state index in [1.807, 2.05) is 0 Å². The summed E-state index contributed by atoms with van der Waals surface area (Å²) < 4.78 is 0.844. The third-order valence-corrected chi connectivity index (χ3v) is 1.58. The quantitative estimate of drug-likeness (QED) is 0.420. The lowest BCUT2D eigenvalue weighted by Crippen LogP contribution is -2.36. The molecule has 0 aromatic rings. The molecule has 0 fully saturated rings. The minimum Gasteiger partial charge on any atom is -0.481 e. The molecule has 17 heavy (non-hydrogen) atoms. The number of Topliss-reactive ketones (excluding diaryl/α,β-unsaturated/α-hetero) is 1. The highest BCUT2D eigenvalue weighted by Crippen LogP contribution is 1.90. The van der Waals surface area contributed by atoms with Gasteiger partial charge in [-0.1, -0.05) is 0 Å². The minimum atomic E-state index is -1.58. The zero-order valence-electron chi connectivity index (χ0n) is 10.3. The van der Waals surface area contributed by atoms with Gasteiger partial charge in [0.1, 0.15) is 6.54 Å². The Morgan fingerprint density at radius 2 is 1.47 bits per heavy atom. The second-order valence-electron chi connectivity index (χ2n) is 4.36. The van der Waals surface area contributed by atoms with Crippen LogP contribution in [0.4, 0.5) is 0 Å². The van der Waals surface area contributed by atoms with Crippen molar-refractivity contribution in [1.29, 1.82) is 0 Å². The summed E-state index contributed by atoms with van der Waals surface area (Å²) in [7, 11) is 6.16. The number of hydrogen-bond donors (Lipinski definition) is 3. The average Bonchev–Trinajstić information content (AvgIpc) is 2.12. The fourth-order valence-corrected chi connectivity index (χ4v) is 0.627. The van der Waals surface area contributed by atoms with Crippen LogP contribution in [0.1, 0.15) is 12.8 Å². The number of quaternary nitrogens is 1. The Morgan fingerprint density at radius 3 is 1.65 bits per heavy atom. The molecule has 0 saturated heterocycles. The smallest absolute Gasteiger partial charge is 0.372 e. The Kier molecular flexibility index (Phi) is 9.12. The first kappa shape index (κ1) is 17.9. The number of nitrogens with zero attached hydrogens (tertiary/aromatic N) is 1. The second-order valence-corrected chi connectivity index (χ2v) is 4.36. The largest absolute Gasteiger partial charge is 0.481 e. The number of aliphatic hydroxyl groups excluding tert-OH is 1. The maximum atomic E-state index is 10.2. The number of likely N-dealkylation sites (N-methyl/N-ethyl adjacent to an activating group) is 1. The predicted octanol–water partition coefficient (Wildman–Crippen LogP) is -0.810. The van der Waals surface area contributed by atoms with Crippen molar-refractivity contribution in [3.63, 3.8) is 0 Å². The van der Waals surface area contributed by atoms with Crippen LogP contribution in [0.15, 0.2) is 0 Å². The third-order valence-electron chi connectivity index (χ3n) is 1.58. The van der Waals surface area contributed by atoms with Crippen LogP contribution in [0.5, 0.6) is 0 Å². The van der Waals surface area contributed by atoms with Gasteiger partial charge in [0.15, 0.2) is 0 Å². The number of carbonyl (C=O) groups excluding carboxylic acids is 1. The fourth-order valence-electron chi connectivity index (χ4n) is 0.627. The van der Waals surface area contributed by atoms with Crippen molar-refractivity contribution in [3.05, 3.63) is 0 Å². The lowest BCUT2D eigenvalue weighted by molar-refractivity contribution is -0.870. The van der Waals surface area contributed by atoms with Gasteiger partial charge in [0.2, 0.25) is 5.78 Å². The Hall–Kier alpha value is -1.47. The van der Waals surface area contributed by atoms with E-state index in [0.717, 1.165) is 11.0 Å². The summed E-state index contributed by atoms with van der Waals surface area (Å²) in [6.45, 7) is 1.11. The van der Waals surface area contributed by atoms with Crippen molar-refractivity contribution in [2.45, 2.75) is 12.8 Å². The van der Waals surface area contributed by atoms with E-state index in [2.05, 4.69) is 21.1 Å². The molecule has 7 nitrogen and oxygen atoms in total. The first-order chi connectivity index (χ1) is 7.60. The maximum absolute atomic E-state index is 10.2. The number of carbonyl (C=O) groups is 3. The molecular formula is C10H20NO6+. The molecule has 0 aliphatic heterocycles. The topological polar surface area (TPSA) is 112 Å². The van der Waals surface area contributed by atoms with Crippen LogP contribution < -0.4 is 0 Å². The number of carboxylic acid groups (broad SMARTS) is 2. The normalized spacial score (nSPS) is 10.1. The average molecular weight is 250 g/mol.